The molecule has 7 nitrogen and oxygen atoms in total. The van der Waals surface area contributed by atoms with Crippen molar-refractivity contribution in [3.05, 3.63) is 26.9 Å². The number of carbonyl (C=O) groups is 1. The predicted molar refractivity (Wildman–Crippen MR) is 61.4 cm³/mol. The average Bonchev–Trinajstić information content (AvgIpc) is 3.13. The molecular formula is C10H14N4O3. The molecule has 0 aromatic carbocycles. The molecule has 1 aromatic rings. The fourth-order valence-electron chi connectivity index (χ4n) is 1.43. The molecule has 1 aliphatic rings. The maximum absolute atomic E-state index is 11.6. The number of aromatic nitrogens is 2. The van der Waals surface area contributed by atoms with E-state index in [1.165, 1.54) is 24.7 Å². The summed E-state index contributed by atoms with van der Waals surface area (Å²) < 4.78 is 2.25. The van der Waals surface area contributed by atoms with E-state index < -0.39 is 11.2 Å². The highest BCUT2D eigenvalue weighted by atomic mass is 16.2. The Labute approximate surface area is 97.0 Å². The van der Waals surface area contributed by atoms with Gasteiger partial charge in [0, 0.05) is 26.1 Å². The van der Waals surface area contributed by atoms with E-state index in [2.05, 4.69) is 10.9 Å². The first-order valence-electron chi connectivity index (χ1n) is 5.33. The van der Waals surface area contributed by atoms with Crippen LogP contribution in [0.3, 0.4) is 0 Å². The van der Waals surface area contributed by atoms with Gasteiger partial charge in [0.15, 0.2) is 0 Å². The zero-order valence-electron chi connectivity index (χ0n) is 9.69. The quantitative estimate of drug-likeness (QED) is 0.657. The topological polar surface area (TPSA) is 85.1 Å². The van der Waals surface area contributed by atoms with Crippen LogP contribution in [0.4, 0.5) is 5.82 Å². The molecule has 1 heterocycles. The Morgan fingerprint density at radius 3 is 2.53 bits per heavy atom. The zero-order chi connectivity index (χ0) is 12.6. The van der Waals surface area contributed by atoms with Crippen LogP contribution in [0.1, 0.15) is 12.8 Å². The standard InChI is InChI=1S/C10H14N4O3/c1-13-7(5-8(15)14(2)10(13)17)11-12-9(16)6-3-4-6/h5-6,11H,3-4H2,1-2H3,(H,12,16). The van der Waals surface area contributed by atoms with Gasteiger partial charge in [0.1, 0.15) is 5.82 Å². The van der Waals surface area contributed by atoms with Crippen LogP contribution in [-0.2, 0) is 18.9 Å². The Bertz CT molecular complexity index is 568. The summed E-state index contributed by atoms with van der Waals surface area (Å²) >= 11 is 0. The summed E-state index contributed by atoms with van der Waals surface area (Å²) in [6, 6.07) is 1.26. The van der Waals surface area contributed by atoms with E-state index in [0.717, 1.165) is 17.4 Å². The largest absolute Gasteiger partial charge is 0.332 e. The molecule has 0 bridgehead atoms. The third-order valence-electron chi connectivity index (χ3n) is 2.79. The van der Waals surface area contributed by atoms with Crippen LogP contribution in [-0.4, -0.2) is 15.0 Å². The number of rotatable bonds is 3. The third kappa shape index (κ3) is 2.22. The molecule has 0 saturated heterocycles. The summed E-state index contributed by atoms with van der Waals surface area (Å²) in [5.74, 6) is 0.219. The Balaban J connectivity index is 2.18. The maximum Gasteiger partial charge on any atom is 0.332 e. The van der Waals surface area contributed by atoms with Crippen LogP contribution in [0.25, 0.3) is 0 Å². The first-order valence-corrected chi connectivity index (χ1v) is 5.33. The predicted octanol–water partition coefficient (Wildman–Crippen LogP) is -1.06. The van der Waals surface area contributed by atoms with E-state index >= 15 is 0 Å². The molecule has 1 fully saturated rings. The minimum Gasteiger partial charge on any atom is -0.283 e. The van der Waals surface area contributed by atoms with Gasteiger partial charge in [-0.15, -0.1) is 0 Å². The number of nitrogens with zero attached hydrogens (tertiary/aromatic N) is 2. The van der Waals surface area contributed by atoms with E-state index in [1.54, 1.807) is 0 Å². The second-order valence-electron chi connectivity index (χ2n) is 4.16. The molecule has 0 atom stereocenters. The van der Waals surface area contributed by atoms with Crippen molar-refractivity contribution in [3.63, 3.8) is 0 Å². The molecule has 17 heavy (non-hydrogen) atoms. The molecule has 0 aliphatic heterocycles. The smallest absolute Gasteiger partial charge is 0.283 e. The van der Waals surface area contributed by atoms with Gasteiger partial charge >= 0.3 is 5.69 Å². The van der Waals surface area contributed by atoms with E-state index in [0.29, 0.717) is 0 Å². The number of hydrazine groups is 1. The lowest BCUT2D eigenvalue weighted by molar-refractivity contribution is -0.121. The molecule has 92 valence electrons. The van der Waals surface area contributed by atoms with Crippen LogP contribution >= 0.6 is 0 Å². The molecular weight excluding hydrogens is 224 g/mol. The molecule has 1 aromatic heterocycles. The van der Waals surface area contributed by atoms with Gasteiger partial charge in [0.2, 0.25) is 5.91 Å². The van der Waals surface area contributed by atoms with Crippen molar-refractivity contribution in [1.29, 1.82) is 0 Å². The van der Waals surface area contributed by atoms with Gasteiger partial charge in [0.25, 0.3) is 5.56 Å². The van der Waals surface area contributed by atoms with Crippen molar-refractivity contribution >= 4 is 11.7 Å². The molecule has 1 saturated carbocycles. The summed E-state index contributed by atoms with van der Waals surface area (Å²) in [5, 5.41) is 0. The van der Waals surface area contributed by atoms with Gasteiger partial charge in [-0.2, -0.15) is 0 Å². The monoisotopic (exact) mass is 238 g/mol. The number of hydrogen-bond donors (Lipinski definition) is 2. The minimum absolute atomic E-state index is 0.0612. The molecule has 2 N–H and O–H groups in total. The second kappa shape index (κ2) is 4.08. The molecule has 2 rings (SSSR count). The molecule has 1 amide bonds. The molecule has 1 aliphatic carbocycles. The van der Waals surface area contributed by atoms with Gasteiger partial charge < -0.3 is 0 Å². The molecule has 0 spiro atoms. The number of carbonyl (C=O) groups excluding carboxylic acids is 1. The summed E-state index contributed by atoms with van der Waals surface area (Å²) in [7, 11) is 2.92. The van der Waals surface area contributed by atoms with Gasteiger partial charge in [0.05, 0.1) is 0 Å². The first kappa shape index (κ1) is 11.4. The number of amides is 1. The lowest BCUT2D eigenvalue weighted by atomic mass is 10.4. The normalized spacial score (nSPS) is 14.5. The van der Waals surface area contributed by atoms with Gasteiger partial charge in [-0.25, -0.2) is 4.79 Å². The van der Waals surface area contributed by atoms with E-state index in [4.69, 9.17) is 0 Å². The van der Waals surface area contributed by atoms with Gasteiger partial charge in [-0.1, -0.05) is 0 Å². The van der Waals surface area contributed by atoms with Gasteiger partial charge in [-0.3, -0.25) is 29.6 Å². The fourth-order valence-corrected chi connectivity index (χ4v) is 1.43. The summed E-state index contributed by atoms with van der Waals surface area (Å²) in [4.78, 5) is 34.4. The number of hydrogen-bond acceptors (Lipinski definition) is 4. The lowest BCUT2D eigenvalue weighted by Gasteiger charge is -2.12. The Kier molecular flexibility index (Phi) is 2.74. The summed E-state index contributed by atoms with van der Waals surface area (Å²) in [6.45, 7) is 0. The Morgan fingerprint density at radius 1 is 1.29 bits per heavy atom. The number of nitrogens with one attached hydrogen (secondary N) is 2. The van der Waals surface area contributed by atoms with Crippen molar-refractivity contribution in [2.75, 3.05) is 5.43 Å². The Hall–Kier alpha value is -2.05. The van der Waals surface area contributed by atoms with Crippen LogP contribution < -0.4 is 22.1 Å². The maximum atomic E-state index is 11.6. The zero-order valence-corrected chi connectivity index (χ0v) is 9.69. The second-order valence-corrected chi connectivity index (χ2v) is 4.16. The highest BCUT2D eigenvalue weighted by molar-refractivity contribution is 5.81. The van der Waals surface area contributed by atoms with E-state index in [1.807, 2.05) is 0 Å². The minimum atomic E-state index is -0.444. The van der Waals surface area contributed by atoms with Crippen molar-refractivity contribution in [2.45, 2.75) is 12.8 Å². The average molecular weight is 238 g/mol. The van der Waals surface area contributed by atoms with Crippen LogP contribution in [0.5, 0.6) is 0 Å². The summed E-state index contributed by atoms with van der Waals surface area (Å²) in [6.07, 6.45) is 1.78. The van der Waals surface area contributed by atoms with Crippen LogP contribution in [0.2, 0.25) is 0 Å². The van der Waals surface area contributed by atoms with Gasteiger partial charge in [-0.05, 0) is 12.8 Å². The lowest BCUT2D eigenvalue weighted by Crippen LogP contribution is -2.40. The van der Waals surface area contributed by atoms with E-state index in [-0.39, 0.29) is 17.6 Å². The van der Waals surface area contributed by atoms with Crippen molar-refractivity contribution in [3.8, 4) is 0 Å². The van der Waals surface area contributed by atoms with Crippen LogP contribution in [0.15, 0.2) is 15.7 Å². The molecule has 0 radical (unpaired) electrons. The molecule has 0 unspecified atom stereocenters. The third-order valence-corrected chi connectivity index (χ3v) is 2.79. The fraction of sp³-hybridized carbons (Fsp3) is 0.500. The Morgan fingerprint density at radius 2 is 1.94 bits per heavy atom. The summed E-state index contributed by atoms with van der Waals surface area (Å²) in [5.41, 5.74) is 4.21. The van der Waals surface area contributed by atoms with Crippen LogP contribution in [0, 0.1) is 5.92 Å². The van der Waals surface area contributed by atoms with Crippen molar-refractivity contribution in [2.24, 2.45) is 20.0 Å². The number of anilines is 1. The van der Waals surface area contributed by atoms with Crippen molar-refractivity contribution < 1.29 is 4.79 Å². The van der Waals surface area contributed by atoms with E-state index in [9.17, 15) is 14.4 Å². The highest BCUT2D eigenvalue weighted by Gasteiger charge is 2.29. The van der Waals surface area contributed by atoms with Crippen molar-refractivity contribution in [1.82, 2.24) is 14.6 Å². The molecule has 7 heteroatoms. The SMILES string of the molecule is Cn1c(NNC(=O)C2CC2)cc(=O)n(C)c1=O. The highest BCUT2D eigenvalue weighted by Crippen LogP contribution is 2.28. The first-order chi connectivity index (χ1) is 8.00.